The predicted octanol–water partition coefficient (Wildman–Crippen LogP) is -2.69. The van der Waals surface area contributed by atoms with E-state index in [1.165, 1.54) is 15.5 Å². The Bertz CT molecular complexity index is 804. The molecule has 2 aromatic rings. The third-order valence-electron chi connectivity index (χ3n) is 4.23. The smallest absolute Gasteiger partial charge is 0.283 e. The quantitative estimate of drug-likeness (QED) is 0.397. The van der Waals surface area contributed by atoms with Gasteiger partial charge in [0.05, 0.1) is 12.9 Å². The summed E-state index contributed by atoms with van der Waals surface area (Å²) in [6.07, 6.45) is -3.30. The first-order valence-corrected chi connectivity index (χ1v) is 7.47. The van der Waals surface area contributed by atoms with E-state index in [1.54, 1.807) is 6.92 Å². The second-order valence-electron chi connectivity index (χ2n) is 5.78. The number of ether oxygens (including phenoxy) is 1. The molecule has 0 saturated carbocycles. The molecule has 1 unspecified atom stereocenters. The van der Waals surface area contributed by atoms with E-state index in [0.717, 1.165) is 0 Å². The van der Waals surface area contributed by atoms with E-state index in [1.807, 2.05) is 0 Å². The lowest BCUT2D eigenvalue weighted by Crippen LogP contribution is -2.33. The van der Waals surface area contributed by atoms with Crippen molar-refractivity contribution in [2.24, 2.45) is 5.73 Å². The number of anilines is 1. The van der Waals surface area contributed by atoms with Crippen molar-refractivity contribution < 1.29 is 20.1 Å². The van der Waals surface area contributed by atoms with Gasteiger partial charge in [-0.1, -0.05) is 0 Å². The molecule has 1 saturated heterocycles. The minimum absolute atomic E-state index is 0.0426. The van der Waals surface area contributed by atoms with Crippen LogP contribution in [0.25, 0.3) is 11.2 Å². The van der Waals surface area contributed by atoms with Gasteiger partial charge in [-0.25, -0.2) is 4.98 Å². The first kappa shape index (κ1) is 16.8. The lowest BCUT2D eigenvalue weighted by molar-refractivity contribution is -0.0511. The zero-order valence-corrected chi connectivity index (χ0v) is 13.0. The minimum atomic E-state index is -1.31. The number of hydrogen-bond donors (Lipinski definition) is 5. The molecular weight excluding hydrogens is 320 g/mol. The monoisotopic (exact) mass is 340 g/mol. The van der Waals surface area contributed by atoms with E-state index < -0.39 is 36.7 Å². The summed E-state index contributed by atoms with van der Waals surface area (Å²) in [6, 6.07) is -0.353. The fourth-order valence-electron chi connectivity index (χ4n) is 2.82. The van der Waals surface area contributed by atoms with Crippen LogP contribution in [0.2, 0.25) is 0 Å². The molecule has 2 aromatic heterocycles. The summed E-state index contributed by atoms with van der Waals surface area (Å²) >= 11 is 0. The first-order valence-electron chi connectivity index (χ1n) is 7.47. The normalized spacial score (nSPS) is 28.5. The Balaban J connectivity index is 2.11. The molecule has 3 rings (SSSR count). The standard InChI is InChI=1S/C13H20N6O5/c1-5(2-14)19-11(23)7-10(17-13(19)15)18(4-16-7)12-9(22)8(21)6(3-20)24-12/h4-6,8-9,12,20-22H,2-3,14H2,1H3,(H2,15,17)/t5?,6-,8-,9-,12-/m1/s1. The number of nitrogen functional groups attached to an aromatic ring is 1. The van der Waals surface area contributed by atoms with Crippen LogP contribution >= 0.6 is 0 Å². The number of nitrogens with two attached hydrogens (primary N) is 2. The van der Waals surface area contributed by atoms with Crippen molar-refractivity contribution in [1.82, 2.24) is 19.1 Å². The van der Waals surface area contributed by atoms with Crippen molar-refractivity contribution in [2.45, 2.75) is 37.5 Å². The molecule has 132 valence electrons. The number of rotatable bonds is 4. The molecule has 0 spiro atoms. The number of aliphatic hydroxyl groups is 3. The summed E-state index contributed by atoms with van der Waals surface area (Å²) in [7, 11) is 0. The zero-order valence-electron chi connectivity index (χ0n) is 13.0. The Hall–Kier alpha value is -2.05. The summed E-state index contributed by atoms with van der Waals surface area (Å²) in [5.74, 6) is -0.0426. The fourth-order valence-corrected chi connectivity index (χ4v) is 2.82. The Morgan fingerprint density at radius 2 is 2.12 bits per heavy atom. The number of fused-ring (bicyclic) bond motifs is 1. The summed E-state index contributed by atoms with van der Waals surface area (Å²) in [4.78, 5) is 20.8. The lowest BCUT2D eigenvalue weighted by atomic mass is 10.1. The molecular formula is C13H20N6O5. The summed E-state index contributed by atoms with van der Waals surface area (Å²) in [5.41, 5.74) is 11.2. The lowest BCUT2D eigenvalue weighted by Gasteiger charge is -2.18. The molecule has 5 atom stereocenters. The molecule has 1 aliphatic rings. The van der Waals surface area contributed by atoms with Gasteiger partial charge in [-0.05, 0) is 6.92 Å². The van der Waals surface area contributed by atoms with Crippen molar-refractivity contribution >= 4 is 17.1 Å². The van der Waals surface area contributed by atoms with Gasteiger partial charge >= 0.3 is 0 Å². The van der Waals surface area contributed by atoms with Crippen LogP contribution < -0.4 is 17.0 Å². The second-order valence-corrected chi connectivity index (χ2v) is 5.78. The van der Waals surface area contributed by atoms with E-state index in [2.05, 4.69) is 9.97 Å². The number of imidazole rings is 1. The van der Waals surface area contributed by atoms with Crippen molar-refractivity contribution in [3.63, 3.8) is 0 Å². The maximum atomic E-state index is 12.6. The largest absolute Gasteiger partial charge is 0.394 e. The minimum Gasteiger partial charge on any atom is -0.394 e. The molecule has 1 fully saturated rings. The van der Waals surface area contributed by atoms with Crippen LogP contribution in [-0.2, 0) is 4.74 Å². The highest BCUT2D eigenvalue weighted by Gasteiger charge is 2.44. The van der Waals surface area contributed by atoms with Crippen LogP contribution in [0.15, 0.2) is 11.1 Å². The Kier molecular flexibility index (Phi) is 4.27. The first-order chi connectivity index (χ1) is 11.4. The molecule has 24 heavy (non-hydrogen) atoms. The molecule has 11 nitrogen and oxygen atoms in total. The molecule has 11 heteroatoms. The van der Waals surface area contributed by atoms with Gasteiger partial charge in [0.2, 0.25) is 5.95 Å². The summed E-state index contributed by atoms with van der Waals surface area (Å²) < 4.78 is 7.99. The Labute approximate surface area is 136 Å². The van der Waals surface area contributed by atoms with Crippen molar-refractivity contribution in [3.8, 4) is 0 Å². The van der Waals surface area contributed by atoms with Crippen LogP contribution in [-0.4, -0.2) is 65.9 Å². The number of hydrogen-bond acceptors (Lipinski definition) is 9. The number of aromatic nitrogens is 4. The van der Waals surface area contributed by atoms with Crippen molar-refractivity contribution in [2.75, 3.05) is 18.9 Å². The van der Waals surface area contributed by atoms with Crippen molar-refractivity contribution in [3.05, 3.63) is 16.7 Å². The van der Waals surface area contributed by atoms with E-state index in [0.29, 0.717) is 0 Å². The number of nitrogens with zero attached hydrogens (tertiary/aromatic N) is 4. The second kappa shape index (κ2) is 6.11. The van der Waals surface area contributed by atoms with Crippen LogP contribution in [0.3, 0.4) is 0 Å². The molecule has 0 aromatic carbocycles. The molecule has 7 N–H and O–H groups in total. The Morgan fingerprint density at radius 3 is 2.71 bits per heavy atom. The SMILES string of the molecule is CC(CN)n1c(N)nc2c(ncn2[C@@H]2O[C@H](CO)[C@@H](O)[C@H]2O)c1=O. The predicted molar refractivity (Wildman–Crippen MR) is 83.0 cm³/mol. The van der Waals surface area contributed by atoms with Gasteiger partial charge in [-0.15, -0.1) is 0 Å². The van der Waals surface area contributed by atoms with Gasteiger partial charge in [0.25, 0.3) is 5.56 Å². The summed E-state index contributed by atoms with van der Waals surface area (Å²) in [6.45, 7) is 1.47. The van der Waals surface area contributed by atoms with Crippen LogP contribution in [0.4, 0.5) is 5.95 Å². The zero-order chi connectivity index (χ0) is 17.6. The maximum Gasteiger partial charge on any atom is 0.283 e. The fraction of sp³-hybridized carbons (Fsp3) is 0.615. The Morgan fingerprint density at radius 1 is 1.42 bits per heavy atom. The molecule has 0 aliphatic carbocycles. The number of aliphatic hydroxyl groups excluding tert-OH is 3. The van der Waals surface area contributed by atoms with E-state index in [-0.39, 0.29) is 29.7 Å². The van der Waals surface area contributed by atoms with E-state index >= 15 is 0 Å². The van der Waals surface area contributed by atoms with Gasteiger partial charge in [-0.2, -0.15) is 4.98 Å². The summed E-state index contributed by atoms with van der Waals surface area (Å²) in [5, 5.41) is 29.2. The topological polar surface area (TPSA) is 175 Å². The van der Waals surface area contributed by atoms with Crippen molar-refractivity contribution in [1.29, 1.82) is 0 Å². The molecule has 0 radical (unpaired) electrons. The van der Waals surface area contributed by atoms with Gasteiger partial charge in [-0.3, -0.25) is 13.9 Å². The van der Waals surface area contributed by atoms with Crippen LogP contribution in [0.1, 0.15) is 19.2 Å². The highest BCUT2D eigenvalue weighted by molar-refractivity contribution is 5.71. The highest BCUT2D eigenvalue weighted by atomic mass is 16.6. The average Bonchev–Trinajstić information content (AvgIpc) is 3.09. The molecule has 3 heterocycles. The third kappa shape index (κ3) is 2.37. The van der Waals surface area contributed by atoms with Gasteiger partial charge in [0, 0.05) is 12.6 Å². The molecule has 1 aliphatic heterocycles. The van der Waals surface area contributed by atoms with Crippen LogP contribution in [0, 0.1) is 0 Å². The van der Waals surface area contributed by atoms with Gasteiger partial charge < -0.3 is 31.5 Å². The molecule has 0 amide bonds. The van der Waals surface area contributed by atoms with Gasteiger partial charge in [0.15, 0.2) is 17.4 Å². The van der Waals surface area contributed by atoms with E-state index in [9.17, 15) is 20.1 Å². The van der Waals surface area contributed by atoms with Crippen LogP contribution in [0.5, 0.6) is 0 Å². The highest BCUT2D eigenvalue weighted by Crippen LogP contribution is 2.31. The van der Waals surface area contributed by atoms with E-state index in [4.69, 9.17) is 16.2 Å². The average molecular weight is 340 g/mol. The third-order valence-corrected chi connectivity index (χ3v) is 4.23. The molecule has 0 bridgehead atoms. The maximum absolute atomic E-state index is 12.6. The van der Waals surface area contributed by atoms with Gasteiger partial charge in [0.1, 0.15) is 18.3 Å².